The van der Waals surface area contributed by atoms with Crippen LogP contribution in [0.15, 0.2) is 65.0 Å². The van der Waals surface area contributed by atoms with Crippen molar-refractivity contribution in [3.63, 3.8) is 0 Å². The molecule has 180 valence electrons. The molecule has 2 aromatic carbocycles. The highest BCUT2D eigenvalue weighted by Crippen LogP contribution is 2.20. The molecule has 1 aromatic heterocycles. The van der Waals surface area contributed by atoms with Gasteiger partial charge in [0, 0.05) is 22.8 Å². The lowest BCUT2D eigenvalue weighted by atomic mass is 10.0. The van der Waals surface area contributed by atoms with Crippen molar-refractivity contribution in [2.75, 3.05) is 16.6 Å². The van der Waals surface area contributed by atoms with Gasteiger partial charge in [-0.2, -0.15) is 0 Å². The van der Waals surface area contributed by atoms with E-state index in [0.717, 1.165) is 0 Å². The first-order valence-electron chi connectivity index (χ1n) is 10.6. The highest BCUT2D eigenvalue weighted by molar-refractivity contribution is 7.93. The highest BCUT2D eigenvalue weighted by Gasteiger charge is 2.25. The van der Waals surface area contributed by atoms with Crippen molar-refractivity contribution in [2.24, 2.45) is 5.92 Å². The number of ether oxygens (including phenoxy) is 1. The SMILES string of the molecule is CCOc1ccc(C(=O)N[C@@H](C(=O)Nc2ccc(S(=O)(=O)Nc3nccs3)cc2)C(C)C)cc1. The van der Waals surface area contributed by atoms with Crippen LogP contribution in [0.3, 0.4) is 0 Å². The minimum absolute atomic E-state index is 0.0323. The molecule has 0 aliphatic rings. The summed E-state index contributed by atoms with van der Waals surface area (Å²) in [4.78, 5) is 29.5. The molecule has 0 saturated carbocycles. The minimum atomic E-state index is -3.79. The summed E-state index contributed by atoms with van der Waals surface area (Å²) in [6.07, 6.45) is 1.50. The number of rotatable bonds is 10. The fraction of sp³-hybridized carbons (Fsp3) is 0.261. The standard InChI is InChI=1S/C23H26N4O5S2/c1-4-32-18-9-5-16(6-10-18)21(28)26-20(15(2)3)22(29)25-17-7-11-19(12-8-17)34(30,31)27-23-24-13-14-33-23/h5-15,20H,4H2,1-3H3,(H,24,27)(H,25,29)(H,26,28)/t20-/m1/s1. The van der Waals surface area contributed by atoms with Crippen LogP contribution in [-0.4, -0.2) is 37.9 Å². The van der Waals surface area contributed by atoms with E-state index >= 15 is 0 Å². The average molecular weight is 503 g/mol. The zero-order valence-corrected chi connectivity index (χ0v) is 20.6. The normalized spacial score (nSPS) is 12.1. The topological polar surface area (TPSA) is 126 Å². The van der Waals surface area contributed by atoms with Crippen LogP contribution in [0.2, 0.25) is 0 Å². The highest BCUT2D eigenvalue weighted by atomic mass is 32.2. The van der Waals surface area contributed by atoms with Crippen molar-refractivity contribution >= 4 is 44.0 Å². The Morgan fingerprint density at radius 1 is 1.06 bits per heavy atom. The number of benzene rings is 2. The predicted molar refractivity (Wildman–Crippen MR) is 132 cm³/mol. The Labute approximate surface area is 202 Å². The molecule has 3 rings (SSSR count). The molecule has 0 aliphatic carbocycles. The van der Waals surface area contributed by atoms with Gasteiger partial charge in [0.2, 0.25) is 5.91 Å². The van der Waals surface area contributed by atoms with Gasteiger partial charge in [-0.3, -0.25) is 14.3 Å². The van der Waals surface area contributed by atoms with Gasteiger partial charge in [0.25, 0.3) is 15.9 Å². The Balaban J connectivity index is 1.65. The average Bonchev–Trinajstić information content (AvgIpc) is 3.30. The zero-order valence-electron chi connectivity index (χ0n) is 18.9. The van der Waals surface area contributed by atoms with Crippen molar-refractivity contribution in [3.05, 3.63) is 65.7 Å². The Kier molecular flexibility index (Phi) is 8.24. The van der Waals surface area contributed by atoms with Crippen LogP contribution >= 0.6 is 11.3 Å². The van der Waals surface area contributed by atoms with Gasteiger partial charge in [0.15, 0.2) is 5.13 Å². The van der Waals surface area contributed by atoms with Crippen LogP contribution in [0.25, 0.3) is 0 Å². The van der Waals surface area contributed by atoms with Crippen LogP contribution in [0.1, 0.15) is 31.1 Å². The lowest BCUT2D eigenvalue weighted by molar-refractivity contribution is -0.118. The molecule has 0 aliphatic heterocycles. The number of hydrogen-bond acceptors (Lipinski definition) is 7. The van der Waals surface area contributed by atoms with E-state index < -0.39 is 22.0 Å². The van der Waals surface area contributed by atoms with E-state index in [1.807, 2.05) is 20.8 Å². The van der Waals surface area contributed by atoms with Crippen LogP contribution in [0.5, 0.6) is 5.75 Å². The second-order valence-electron chi connectivity index (χ2n) is 7.61. The van der Waals surface area contributed by atoms with Crippen molar-refractivity contribution < 1.29 is 22.7 Å². The molecule has 0 fully saturated rings. The number of carbonyl (C=O) groups is 2. The quantitative estimate of drug-likeness (QED) is 0.388. The van der Waals surface area contributed by atoms with Crippen molar-refractivity contribution in [1.82, 2.24) is 10.3 Å². The molecule has 9 nitrogen and oxygen atoms in total. The molecule has 11 heteroatoms. The number of hydrogen-bond donors (Lipinski definition) is 3. The van der Waals surface area contributed by atoms with Crippen LogP contribution in [0.4, 0.5) is 10.8 Å². The predicted octanol–water partition coefficient (Wildman–Crippen LogP) is 3.74. The molecule has 3 aromatic rings. The molecular formula is C23H26N4O5S2. The smallest absolute Gasteiger partial charge is 0.263 e. The van der Waals surface area contributed by atoms with Gasteiger partial charge < -0.3 is 15.4 Å². The third-order valence-electron chi connectivity index (χ3n) is 4.75. The van der Waals surface area contributed by atoms with Gasteiger partial charge in [-0.05, 0) is 61.4 Å². The van der Waals surface area contributed by atoms with Gasteiger partial charge in [0.05, 0.1) is 11.5 Å². The minimum Gasteiger partial charge on any atom is -0.494 e. The van der Waals surface area contributed by atoms with E-state index in [4.69, 9.17) is 4.74 Å². The largest absolute Gasteiger partial charge is 0.494 e. The molecule has 34 heavy (non-hydrogen) atoms. The second kappa shape index (κ2) is 11.1. The van der Waals surface area contributed by atoms with E-state index in [9.17, 15) is 18.0 Å². The second-order valence-corrected chi connectivity index (χ2v) is 10.2. The first-order chi connectivity index (χ1) is 16.2. The molecule has 0 radical (unpaired) electrons. The Bertz CT molecular complexity index is 1210. The van der Waals surface area contributed by atoms with E-state index in [1.165, 1.54) is 41.8 Å². The molecule has 1 heterocycles. The lowest BCUT2D eigenvalue weighted by Gasteiger charge is -2.22. The summed E-state index contributed by atoms with van der Waals surface area (Å²) in [5.74, 6) is -0.323. The number of sulfonamides is 1. The van der Waals surface area contributed by atoms with Gasteiger partial charge in [-0.1, -0.05) is 13.8 Å². The first-order valence-corrected chi connectivity index (χ1v) is 12.9. The third-order valence-corrected chi connectivity index (χ3v) is 6.92. The number of carbonyl (C=O) groups excluding carboxylic acids is 2. The van der Waals surface area contributed by atoms with E-state index in [0.29, 0.717) is 23.6 Å². The van der Waals surface area contributed by atoms with Gasteiger partial charge in [-0.15, -0.1) is 11.3 Å². The monoisotopic (exact) mass is 502 g/mol. The Morgan fingerprint density at radius 2 is 1.74 bits per heavy atom. The third kappa shape index (κ3) is 6.55. The first kappa shape index (κ1) is 25.2. The molecule has 3 N–H and O–H groups in total. The number of nitrogens with zero attached hydrogens (tertiary/aromatic N) is 1. The summed E-state index contributed by atoms with van der Waals surface area (Å²) in [7, 11) is -3.79. The summed E-state index contributed by atoms with van der Waals surface area (Å²) in [6.45, 7) is 6.04. The zero-order chi connectivity index (χ0) is 24.7. The Hall–Kier alpha value is -3.44. The van der Waals surface area contributed by atoms with Crippen molar-refractivity contribution in [2.45, 2.75) is 31.7 Å². The van der Waals surface area contributed by atoms with E-state index in [1.54, 1.807) is 29.6 Å². The maximum absolute atomic E-state index is 12.9. The molecule has 0 spiro atoms. The molecule has 2 amide bonds. The van der Waals surface area contributed by atoms with Crippen molar-refractivity contribution in [1.29, 1.82) is 0 Å². The van der Waals surface area contributed by atoms with Crippen molar-refractivity contribution in [3.8, 4) is 5.75 Å². The summed E-state index contributed by atoms with van der Waals surface area (Å²) in [5.41, 5.74) is 0.809. The summed E-state index contributed by atoms with van der Waals surface area (Å²) in [5, 5.41) is 7.42. The number of aromatic nitrogens is 1. The van der Waals surface area contributed by atoms with E-state index in [2.05, 4.69) is 20.3 Å². The van der Waals surface area contributed by atoms with Gasteiger partial charge in [0.1, 0.15) is 11.8 Å². The molecule has 0 unspecified atom stereocenters. The van der Waals surface area contributed by atoms with Crippen LogP contribution in [-0.2, 0) is 14.8 Å². The number of nitrogens with one attached hydrogen (secondary N) is 3. The summed E-state index contributed by atoms with van der Waals surface area (Å²) < 4.78 is 32.7. The van der Waals surface area contributed by atoms with Gasteiger partial charge >= 0.3 is 0 Å². The lowest BCUT2D eigenvalue weighted by Crippen LogP contribution is -2.47. The molecular weight excluding hydrogens is 476 g/mol. The molecule has 0 saturated heterocycles. The molecule has 1 atom stereocenters. The van der Waals surface area contributed by atoms with E-state index in [-0.39, 0.29) is 21.9 Å². The van der Waals surface area contributed by atoms with Crippen LogP contribution < -0.4 is 20.1 Å². The number of thiazole rings is 1. The fourth-order valence-corrected chi connectivity index (χ4v) is 4.80. The summed E-state index contributed by atoms with van der Waals surface area (Å²) in [6, 6.07) is 11.6. The maximum atomic E-state index is 12.9. The number of amides is 2. The summed E-state index contributed by atoms with van der Waals surface area (Å²) >= 11 is 1.17. The van der Waals surface area contributed by atoms with Crippen LogP contribution in [0, 0.1) is 5.92 Å². The Morgan fingerprint density at radius 3 is 2.29 bits per heavy atom. The van der Waals surface area contributed by atoms with Gasteiger partial charge in [-0.25, -0.2) is 13.4 Å². The maximum Gasteiger partial charge on any atom is 0.263 e. The molecule has 0 bridgehead atoms. The number of anilines is 2. The fourth-order valence-electron chi connectivity index (χ4n) is 3.01.